The average Bonchev–Trinajstić information content (AvgIpc) is 2.72. The van der Waals surface area contributed by atoms with Gasteiger partial charge in [0.1, 0.15) is 11.6 Å². The Kier molecular flexibility index (Phi) is 3.36. The Balaban J connectivity index is 2.21. The van der Waals surface area contributed by atoms with Crippen molar-refractivity contribution in [1.29, 1.82) is 0 Å². The number of rotatable bonds is 0. The third kappa shape index (κ3) is 2.51. The third-order valence-electron chi connectivity index (χ3n) is 2.75. The molecule has 2 rings (SSSR count). The van der Waals surface area contributed by atoms with Crippen molar-refractivity contribution in [2.24, 2.45) is 0 Å². The number of amides is 1. The molecule has 1 aromatic heterocycles. The molecule has 1 aromatic rings. The van der Waals surface area contributed by atoms with Crippen LogP contribution in [0.25, 0.3) is 0 Å². The largest absolute Gasteiger partial charge is 0.444 e. The van der Waals surface area contributed by atoms with Gasteiger partial charge in [0, 0.05) is 17.0 Å². The van der Waals surface area contributed by atoms with Crippen LogP contribution < -0.4 is 0 Å². The number of carbonyl (C=O) groups is 1. The van der Waals surface area contributed by atoms with Crippen LogP contribution in [0.5, 0.6) is 0 Å². The summed E-state index contributed by atoms with van der Waals surface area (Å²) in [6.07, 6.45) is 6.09. The second-order valence-electron chi connectivity index (χ2n) is 5.29. The highest BCUT2D eigenvalue weighted by Crippen LogP contribution is 2.33. The first-order valence-electron chi connectivity index (χ1n) is 5.94. The fraction of sp³-hybridized carbons (Fsp3) is 0.500. The summed E-state index contributed by atoms with van der Waals surface area (Å²) >= 11 is 1.70. The van der Waals surface area contributed by atoms with E-state index in [-0.39, 0.29) is 12.1 Å². The van der Waals surface area contributed by atoms with Crippen LogP contribution in [0.1, 0.15) is 37.3 Å². The lowest BCUT2D eigenvalue weighted by atomic mass is 10.0. The first-order valence-corrected chi connectivity index (χ1v) is 6.82. The molecule has 0 spiro atoms. The summed E-state index contributed by atoms with van der Waals surface area (Å²) in [6.45, 7) is 6.19. The smallest absolute Gasteiger partial charge is 0.411 e. The predicted molar refractivity (Wildman–Crippen MR) is 72.5 cm³/mol. The zero-order valence-corrected chi connectivity index (χ0v) is 11.7. The normalized spacial score (nSPS) is 19.0. The van der Waals surface area contributed by atoms with Crippen molar-refractivity contribution in [3.63, 3.8) is 0 Å². The molecular formula is C14H17NO2S. The molecule has 0 fully saturated rings. The number of terminal acetylenes is 1. The summed E-state index contributed by atoms with van der Waals surface area (Å²) in [5, 5.41) is 2.02. The van der Waals surface area contributed by atoms with Gasteiger partial charge >= 0.3 is 6.09 Å². The fourth-order valence-electron chi connectivity index (χ4n) is 2.01. The van der Waals surface area contributed by atoms with Gasteiger partial charge in [0.25, 0.3) is 0 Å². The monoisotopic (exact) mass is 263 g/mol. The van der Waals surface area contributed by atoms with Gasteiger partial charge in [-0.2, -0.15) is 0 Å². The molecule has 4 heteroatoms. The number of thiophene rings is 1. The van der Waals surface area contributed by atoms with Crippen molar-refractivity contribution < 1.29 is 9.53 Å². The highest BCUT2D eigenvalue weighted by Gasteiger charge is 2.33. The molecule has 1 atom stereocenters. The number of hydrogen-bond donors (Lipinski definition) is 0. The quantitative estimate of drug-likeness (QED) is 0.673. The molecule has 3 nitrogen and oxygen atoms in total. The lowest BCUT2D eigenvalue weighted by molar-refractivity contribution is 0.0194. The second kappa shape index (κ2) is 4.66. The van der Waals surface area contributed by atoms with Gasteiger partial charge in [0.2, 0.25) is 0 Å². The van der Waals surface area contributed by atoms with Crippen molar-refractivity contribution in [2.75, 3.05) is 6.54 Å². The lowest BCUT2D eigenvalue weighted by Crippen LogP contribution is -2.42. The van der Waals surface area contributed by atoms with Gasteiger partial charge in [-0.1, -0.05) is 5.92 Å². The first-order chi connectivity index (χ1) is 8.42. The maximum Gasteiger partial charge on any atom is 0.411 e. The van der Waals surface area contributed by atoms with E-state index in [1.807, 2.05) is 32.2 Å². The number of carbonyl (C=O) groups excluding carboxylic acids is 1. The van der Waals surface area contributed by atoms with E-state index in [4.69, 9.17) is 11.2 Å². The average molecular weight is 263 g/mol. The zero-order valence-electron chi connectivity index (χ0n) is 10.9. The van der Waals surface area contributed by atoms with Crippen molar-refractivity contribution in [3.05, 3.63) is 21.9 Å². The van der Waals surface area contributed by atoms with Gasteiger partial charge in [-0.3, -0.25) is 4.90 Å². The standard InChI is InChI=1S/C14H17NO2S/c1-5-11-10-7-9-18-12(10)6-8-15(11)13(16)17-14(2,3)4/h1,7,9,11H,6,8H2,2-4H3. The van der Waals surface area contributed by atoms with Crippen LogP contribution in [0.4, 0.5) is 4.79 Å². The maximum absolute atomic E-state index is 12.1. The van der Waals surface area contributed by atoms with Crippen LogP contribution in [0.15, 0.2) is 11.4 Å². The molecule has 18 heavy (non-hydrogen) atoms. The molecule has 0 aromatic carbocycles. The lowest BCUT2D eigenvalue weighted by Gasteiger charge is -2.34. The Morgan fingerprint density at radius 3 is 2.94 bits per heavy atom. The van der Waals surface area contributed by atoms with Crippen molar-refractivity contribution >= 4 is 17.4 Å². The van der Waals surface area contributed by atoms with E-state index in [1.165, 1.54) is 4.88 Å². The topological polar surface area (TPSA) is 29.5 Å². The van der Waals surface area contributed by atoms with Crippen molar-refractivity contribution in [2.45, 2.75) is 38.8 Å². The summed E-state index contributed by atoms with van der Waals surface area (Å²) < 4.78 is 5.40. The summed E-state index contributed by atoms with van der Waals surface area (Å²) in [4.78, 5) is 15.0. The summed E-state index contributed by atoms with van der Waals surface area (Å²) in [5.74, 6) is 2.69. The number of nitrogens with zero attached hydrogens (tertiary/aromatic N) is 1. The molecule has 0 N–H and O–H groups in total. The van der Waals surface area contributed by atoms with Crippen LogP contribution in [-0.2, 0) is 11.2 Å². The van der Waals surface area contributed by atoms with E-state index in [0.717, 1.165) is 12.0 Å². The molecule has 96 valence electrons. The van der Waals surface area contributed by atoms with Crippen LogP contribution in [0, 0.1) is 12.3 Å². The Labute approximate surface area is 112 Å². The SMILES string of the molecule is C#CC1c2ccsc2CCN1C(=O)OC(C)(C)C. The number of hydrogen-bond acceptors (Lipinski definition) is 3. The summed E-state index contributed by atoms with van der Waals surface area (Å²) in [6, 6.07) is 1.70. The minimum atomic E-state index is -0.495. The van der Waals surface area contributed by atoms with E-state index in [0.29, 0.717) is 6.54 Å². The van der Waals surface area contributed by atoms with Crippen LogP contribution in [0.3, 0.4) is 0 Å². The highest BCUT2D eigenvalue weighted by molar-refractivity contribution is 7.10. The summed E-state index contributed by atoms with van der Waals surface area (Å²) in [7, 11) is 0. The minimum Gasteiger partial charge on any atom is -0.444 e. The first kappa shape index (κ1) is 13.0. The van der Waals surface area contributed by atoms with Crippen molar-refractivity contribution in [1.82, 2.24) is 4.90 Å². The Bertz CT molecular complexity index is 493. The van der Waals surface area contributed by atoms with Crippen LogP contribution >= 0.6 is 11.3 Å². The van der Waals surface area contributed by atoms with Gasteiger partial charge in [0.15, 0.2) is 0 Å². The van der Waals surface area contributed by atoms with Gasteiger partial charge < -0.3 is 4.74 Å². The van der Waals surface area contributed by atoms with E-state index in [2.05, 4.69) is 5.92 Å². The zero-order chi connectivity index (χ0) is 13.3. The molecule has 1 amide bonds. The molecular weight excluding hydrogens is 246 g/mol. The fourth-order valence-corrected chi connectivity index (χ4v) is 2.92. The highest BCUT2D eigenvalue weighted by atomic mass is 32.1. The van der Waals surface area contributed by atoms with E-state index in [9.17, 15) is 4.79 Å². The molecule has 1 aliphatic heterocycles. The van der Waals surface area contributed by atoms with Crippen LogP contribution in [0.2, 0.25) is 0 Å². The molecule has 1 aliphatic rings. The van der Waals surface area contributed by atoms with E-state index >= 15 is 0 Å². The molecule has 0 saturated heterocycles. The second-order valence-corrected chi connectivity index (χ2v) is 6.29. The Morgan fingerprint density at radius 1 is 1.61 bits per heavy atom. The van der Waals surface area contributed by atoms with Gasteiger partial charge in [-0.15, -0.1) is 17.8 Å². The maximum atomic E-state index is 12.1. The summed E-state index contributed by atoms with van der Waals surface area (Å²) in [5.41, 5.74) is 0.574. The molecule has 1 unspecified atom stereocenters. The van der Waals surface area contributed by atoms with Gasteiger partial charge in [0.05, 0.1) is 0 Å². The Morgan fingerprint density at radius 2 is 2.33 bits per heavy atom. The molecule has 0 bridgehead atoms. The predicted octanol–water partition coefficient (Wildman–Crippen LogP) is 3.22. The van der Waals surface area contributed by atoms with Gasteiger partial charge in [-0.25, -0.2) is 4.79 Å². The molecule has 2 heterocycles. The van der Waals surface area contributed by atoms with Crippen LogP contribution in [-0.4, -0.2) is 23.1 Å². The van der Waals surface area contributed by atoms with E-state index in [1.54, 1.807) is 16.2 Å². The minimum absolute atomic E-state index is 0.296. The van der Waals surface area contributed by atoms with E-state index < -0.39 is 5.60 Å². The molecule has 0 radical (unpaired) electrons. The third-order valence-corrected chi connectivity index (χ3v) is 3.75. The molecule has 0 aliphatic carbocycles. The Hall–Kier alpha value is -1.47. The van der Waals surface area contributed by atoms with Gasteiger partial charge in [-0.05, 0) is 38.6 Å². The number of fused-ring (bicyclic) bond motifs is 1. The number of ether oxygens (including phenoxy) is 1. The van der Waals surface area contributed by atoms with Crippen molar-refractivity contribution in [3.8, 4) is 12.3 Å². The molecule has 0 saturated carbocycles.